The lowest BCUT2D eigenvalue weighted by Crippen LogP contribution is -2.14. The van der Waals surface area contributed by atoms with E-state index in [1.54, 1.807) is 18.2 Å². The minimum atomic E-state index is -0.277. The zero-order valence-electron chi connectivity index (χ0n) is 11.4. The van der Waals surface area contributed by atoms with Crippen molar-refractivity contribution >= 4 is 29.0 Å². The Bertz CT molecular complexity index is 705. The summed E-state index contributed by atoms with van der Waals surface area (Å²) in [6.07, 6.45) is 0. The van der Waals surface area contributed by atoms with Gasteiger partial charge in [-0.2, -0.15) is 10.4 Å². The molecule has 1 aromatic heterocycles. The van der Waals surface area contributed by atoms with E-state index in [1.807, 2.05) is 20.8 Å². The Morgan fingerprint density at radius 2 is 1.90 bits per heavy atom. The van der Waals surface area contributed by atoms with Crippen molar-refractivity contribution in [2.75, 3.05) is 5.73 Å². The van der Waals surface area contributed by atoms with E-state index in [0.717, 1.165) is 0 Å². The topological polar surface area (TPSA) is 67.6 Å². The highest BCUT2D eigenvalue weighted by Crippen LogP contribution is 2.31. The van der Waals surface area contributed by atoms with Crippen LogP contribution in [0.3, 0.4) is 0 Å². The second-order valence-electron chi connectivity index (χ2n) is 5.48. The number of nitrogen functional groups attached to an aromatic ring is 1. The summed E-state index contributed by atoms with van der Waals surface area (Å²) in [4.78, 5) is 0. The van der Waals surface area contributed by atoms with Gasteiger partial charge in [0.05, 0.1) is 21.4 Å². The van der Waals surface area contributed by atoms with Crippen molar-refractivity contribution < 1.29 is 0 Å². The molecule has 2 rings (SSSR count). The van der Waals surface area contributed by atoms with Crippen molar-refractivity contribution in [2.24, 2.45) is 0 Å². The lowest BCUT2D eigenvalue weighted by atomic mass is 9.90. The molecule has 1 heterocycles. The van der Waals surface area contributed by atoms with E-state index in [0.29, 0.717) is 32.8 Å². The number of anilines is 1. The first-order valence-corrected chi connectivity index (χ1v) is 6.76. The van der Waals surface area contributed by atoms with Crippen LogP contribution in [-0.2, 0) is 5.41 Å². The van der Waals surface area contributed by atoms with Crippen LogP contribution in [0.15, 0.2) is 18.2 Å². The molecule has 2 N–H and O–H groups in total. The smallest absolute Gasteiger partial charge is 0.145 e. The van der Waals surface area contributed by atoms with Gasteiger partial charge in [-0.05, 0) is 18.2 Å². The Morgan fingerprint density at radius 3 is 2.35 bits per heavy atom. The Balaban J connectivity index is 2.67. The summed E-state index contributed by atoms with van der Waals surface area (Å²) in [5, 5.41) is 14.6. The average molecular weight is 309 g/mol. The number of nitrogens with two attached hydrogens (primary N) is 1. The molecule has 1 aromatic carbocycles. The largest absolute Gasteiger partial charge is 0.382 e. The highest BCUT2D eigenvalue weighted by Gasteiger charge is 2.26. The Kier molecular flexibility index (Phi) is 3.68. The number of rotatable bonds is 1. The molecule has 0 radical (unpaired) electrons. The summed E-state index contributed by atoms with van der Waals surface area (Å²) < 4.78 is 1.52. The molecule has 0 saturated carbocycles. The van der Waals surface area contributed by atoms with Crippen molar-refractivity contribution in [3.05, 3.63) is 39.5 Å². The lowest BCUT2D eigenvalue weighted by molar-refractivity contribution is 0.559. The molecule has 0 bridgehead atoms. The predicted molar refractivity (Wildman–Crippen MR) is 81.4 cm³/mol. The normalized spacial score (nSPS) is 11.4. The van der Waals surface area contributed by atoms with Gasteiger partial charge < -0.3 is 5.73 Å². The number of nitriles is 1. The number of hydrogen-bond donors (Lipinski definition) is 1. The third-order valence-corrected chi connectivity index (χ3v) is 3.63. The molecule has 104 valence electrons. The minimum Gasteiger partial charge on any atom is -0.382 e. The minimum absolute atomic E-state index is 0.277. The Morgan fingerprint density at radius 1 is 1.25 bits per heavy atom. The number of hydrogen-bond acceptors (Lipinski definition) is 3. The Hall–Kier alpha value is -1.70. The van der Waals surface area contributed by atoms with Crippen molar-refractivity contribution in [1.29, 1.82) is 5.26 Å². The number of aromatic nitrogens is 2. The van der Waals surface area contributed by atoms with Crippen LogP contribution in [0, 0.1) is 11.3 Å². The van der Waals surface area contributed by atoms with Gasteiger partial charge in [0.2, 0.25) is 0 Å². The first-order valence-electron chi connectivity index (χ1n) is 6.00. The van der Waals surface area contributed by atoms with E-state index in [4.69, 9.17) is 28.9 Å². The zero-order valence-corrected chi connectivity index (χ0v) is 12.9. The summed E-state index contributed by atoms with van der Waals surface area (Å²) in [6.45, 7) is 5.94. The highest BCUT2D eigenvalue weighted by molar-refractivity contribution is 6.42. The first kappa shape index (κ1) is 14.7. The van der Waals surface area contributed by atoms with Crippen LogP contribution in [-0.4, -0.2) is 9.78 Å². The molecule has 0 amide bonds. The van der Waals surface area contributed by atoms with E-state index in [2.05, 4.69) is 11.2 Å². The standard InChI is InChI=1S/C14H14Cl2N4/c1-14(2,3)12-9(7-17)13(18)20(19-12)8-4-5-10(15)11(16)6-8/h4-6H,18H2,1-3H3. The first-order chi connectivity index (χ1) is 9.25. The maximum atomic E-state index is 9.29. The molecule has 0 spiro atoms. The molecule has 0 aliphatic carbocycles. The summed E-state index contributed by atoms with van der Waals surface area (Å²) in [7, 11) is 0. The monoisotopic (exact) mass is 308 g/mol. The molecular formula is C14H14Cl2N4. The van der Waals surface area contributed by atoms with Crippen molar-refractivity contribution in [3.63, 3.8) is 0 Å². The summed E-state index contributed by atoms with van der Waals surface area (Å²) in [6, 6.07) is 7.21. The van der Waals surface area contributed by atoms with E-state index in [9.17, 15) is 5.26 Å². The third kappa shape index (κ3) is 2.47. The van der Waals surface area contributed by atoms with E-state index in [-0.39, 0.29) is 5.41 Å². The van der Waals surface area contributed by atoms with Crippen LogP contribution in [0.25, 0.3) is 5.69 Å². The molecule has 6 heteroatoms. The lowest BCUT2D eigenvalue weighted by Gasteiger charge is -2.15. The van der Waals surface area contributed by atoms with Crippen LogP contribution >= 0.6 is 23.2 Å². The number of halogens is 2. The SMILES string of the molecule is CC(C)(C)c1nn(-c2ccc(Cl)c(Cl)c2)c(N)c1C#N. The van der Waals surface area contributed by atoms with Gasteiger partial charge in [0.15, 0.2) is 0 Å². The van der Waals surface area contributed by atoms with Gasteiger partial charge in [0, 0.05) is 5.41 Å². The van der Waals surface area contributed by atoms with Gasteiger partial charge in [0.1, 0.15) is 17.5 Å². The van der Waals surface area contributed by atoms with Crippen molar-refractivity contribution in [1.82, 2.24) is 9.78 Å². The average Bonchev–Trinajstić information content (AvgIpc) is 2.69. The van der Waals surface area contributed by atoms with Crippen molar-refractivity contribution in [3.8, 4) is 11.8 Å². The maximum Gasteiger partial charge on any atom is 0.145 e. The second kappa shape index (κ2) is 5.01. The van der Waals surface area contributed by atoms with Gasteiger partial charge in [-0.15, -0.1) is 0 Å². The molecule has 20 heavy (non-hydrogen) atoms. The van der Waals surface area contributed by atoms with E-state index >= 15 is 0 Å². The Labute approximate surface area is 127 Å². The molecular weight excluding hydrogens is 295 g/mol. The van der Waals surface area contributed by atoms with Crippen LogP contribution in [0.4, 0.5) is 5.82 Å². The molecule has 2 aromatic rings. The molecule has 0 saturated heterocycles. The molecule has 0 fully saturated rings. The van der Waals surface area contributed by atoms with Crippen LogP contribution in [0.2, 0.25) is 10.0 Å². The molecule has 4 nitrogen and oxygen atoms in total. The number of benzene rings is 1. The van der Waals surface area contributed by atoms with E-state index in [1.165, 1.54) is 4.68 Å². The van der Waals surface area contributed by atoms with Gasteiger partial charge in [-0.1, -0.05) is 44.0 Å². The molecule has 0 aliphatic rings. The quantitative estimate of drug-likeness (QED) is 0.868. The fraction of sp³-hybridized carbons (Fsp3) is 0.286. The second-order valence-corrected chi connectivity index (χ2v) is 6.30. The molecule has 0 unspecified atom stereocenters. The van der Waals surface area contributed by atoms with Gasteiger partial charge >= 0.3 is 0 Å². The van der Waals surface area contributed by atoms with Gasteiger partial charge in [-0.3, -0.25) is 0 Å². The van der Waals surface area contributed by atoms with Crippen LogP contribution in [0.1, 0.15) is 32.0 Å². The molecule has 0 aliphatic heterocycles. The fourth-order valence-electron chi connectivity index (χ4n) is 1.88. The third-order valence-electron chi connectivity index (χ3n) is 2.89. The van der Waals surface area contributed by atoms with Crippen LogP contribution in [0.5, 0.6) is 0 Å². The summed E-state index contributed by atoms with van der Waals surface area (Å²) in [5.41, 5.74) is 7.47. The zero-order chi connectivity index (χ0) is 15.1. The van der Waals surface area contributed by atoms with Crippen LogP contribution < -0.4 is 5.73 Å². The highest BCUT2D eigenvalue weighted by atomic mass is 35.5. The fourth-order valence-corrected chi connectivity index (χ4v) is 2.17. The predicted octanol–water partition coefficient (Wildman–Crippen LogP) is 3.93. The van der Waals surface area contributed by atoms with Gasteiger partial charge in [-0.25, -0.2) is 4.68 Å². The van der Waals surface area contributed by atoms with Crippen molar-refractivity contribution in [2.45, 2.75) is 26.2 Å². The van der Waals surface area contributed by atoms with E-state index < -0.39 is 0 Å². The summed E-state index contributed by atoms with van der Waals surface area (Å²) in [5.74, 6) is 0.302. The molecule has 0 atom stereocenters. The summed E-state index contributed by atoms with van der Waals surface area (Å²) >= 11 is 11.9. The maximum absolute atomic E-state index is 9.29. The number of nitrogens with zero attached hydrogens (tertiary/aromatic N) is 3. The van der Waals surface area contributed by atoms with Gasteiger partial charge in [0.25, 0.3) is 0 Å².